The van der Waals surface area contributed by atoms with Crippen LogP contribution in [0.1, 0.15) is 17.3 Å². The van der Waals surface area contributed by atoms with E-state index in [1.807, 2.05) is 0 Å². The summed E-state index contributed by atoms with van der Waals surface area (Å²) in [5, 5.41) is 6.06. The monoisotopic (exact) mass is 390 g/mol. The molecule has 0 aliphatic carbocycles. The molecule has 0 saturated carbocycles. The highest BCUT2D eigenvalue weighted by Gasteiger charge is 2.09. The van der Waals surface area contributed by atoms with Crippen LogP contribution in [-0.4, -0.2) is 25.0 Å². The fourth-order valence-electron chi connectivity index (χ4n) is 1.99. The largest absolute Gasteiger partial charge is 0.481 e. The molecule has 0 aliphatic heterocycles. The minimum absolute atomic E-state index is 0.150. The van der Waals surface area contributed by atoms with Gasteiger partial charge in [-0.2, -0.15) is 0 Å². The minimum atomic E-state index is -0.351. The molecule has 26 heavy (non-hydrogen) atoms. The van der Waals surface area contributed by atoms with Crippen LogP contribution in [0.4, 0.5) is 5.69 Å². The average Bonchev–Trinajstić information content (AvgIpc) is 2.59. The van der Waals surface area contributed by atoms with Crippen molar-refractivity contribution in [2.24, 2.45) is 0 Å². The molecule has 0 radical (unpaired) electrons. The van der Waals surface area contributed by atoms with Gasteiger partial charge in [0.25, 0.3) is 5.91 Å². The molecule has 0 heterocycles. The van der Waals surface area contributed by atoms with Crippen molar-refractivity contribution in [2.75, 3.05) is 18.5 Å². The number of hydrogen-bond donors (Lipinski definition) is 2. The number of ether oxygens (including phenoxy) is 1. The smallest absolute Gasteiger partial charge is 0.253 e. The number of carbonyl (C=O) groups excluding carboxylic acids is 2. The topological polar surface area (TPSA) is 67.4 Å². The lowest BCUT2D eigenvalue weighted by Gasteiger charge is -2.06. The van der Waals surface area contributed by atoms with Crippen molar-refractivity contribution in [1.29, 1.82) is 0 Å². The molecule has 2 rings (SSSR count). The molecule has 5 nitrogen and oxygen atoms in total. The lowest BCUT2D eigenvalue weighted by Crippen LogP contribution is -2.24. The van der Waals surface area contributed by atoms with Crippen molar-refractivity contribution in [3.63, 3.8) is 0 Å². The summed E-state index contributed by atoms with van der Waals surface area (Å²) in [4.78, 5) is 23.0. The number of anilines is 1. The average molecular weight is 391 g/mol. The van der Waals surface area contributed by atoms with Gasteiger partial charge in [-0.1, -0.05) is 41.1 Å². The van der Waals surface area contributed by atoms with Crippen molar-refractivity contribution in [3.05, 3.63) is 58.1 Å². The van der Waals surface area contributed by atoms with Gasteiger partial charge < -0.3 is 15.4 Å². The van der Waals surface area contributed by atoms with Gasteiger partial charge in [-0.15, -0.1) is 0 Å². The van der Waals surface area contributed by atoms with Gasteiger partial charge in [0.15, 0.2) is 0 Å². The molecular formula is C19H16Cl2N2O3. The molecular weight excluding hydrogens is 375 g/mol. The normalized spacial score (nSPS) is 9.65. The Hall–Kier alpha value is -2.68. The number of hydrogen-bond acceptors (Lipinski definition) is 3. The van der Waals surface area contributed by atoms with Crippen molar-refractivity contribution in [2.45, 2.75) is 6.92 Å². The number of carbonyl (C=O) groups is 2. The second kappa shape index (κ2) is 9.71. The number of benzene rings is 2. The molecule has 7 heteroatoms. The van der Waals surface area contributed by atoms with Crippen LogP contribution < -0.4 is 15.4 Å². The van der Waals surface area contributed by atoms with Crippen molar-refractivity contribution >= 4 is 40.7 Å². The van der Waals surface area contributed by atoms with E-state index >= 15 is 0 Å². The van der Waals surface area contributed by atoms with E-state index in [1.165, 1.54) is 13.0 Å². The Morgan fingerprint density at radius 1 is 1.12 bits per heavy atom. The zero-order valence-corrected chi connectivity index (χ0v) is 15.4. The third-order valence-corrected chi connectivity index (χ3v) is 3.67. The number of halogens is 2. The van der Waals surface area contributed by atoms with Crippen LogP contribution in [0.2, 0.25) is 10.0 Å². The zero-order chi connectivity index (χ0) is 18.9. The van der Waals surface area contributed by atoms with E-state index in [4.69, 9.17) is 27.9 Å². The van der Waals surface area contributed by atoms with Crippen LogP contribution in [0, 0.1) is 11.8 Å². The Kier molecular flexibility index (Phi) is 7.34. The summed E-state index contributed by atoms with van der Waals surface area (Å²) in [6, 6.07) is 11.7. The Morgan fingerprint density at radius 2 is 1.92 bits per heavy atom. The molecule has 0 aliphatic rings. The van der Waals surface area contributed by atoms with Gasteiger partial charge in [0.2, 0.25) is 5.91 Å². The van der Waals surface area contributed by atoms with Gasteiger partial charge in [-0.05, 0) is 30.3 Å². The highest BCUT2D eigenvalue weighted by Crippen LogP contribution is 2.20. The number of rotatable bonds is 5. The first-order valence-electron chi connectivity index (χ1n) is 7.65. The van der Waals surface area contributed by atoms with E-state index in [9.17, 15) is 9.59 Å². The Bertz CT molecular complexity index is 873. The molecule has 2 amide bonds. The van der Waals surface area contributed by atoms with Crippen molar-refractivity contribution in [1.82, 2.24) is 5.32 Å². The van der Waals surface area contributed by atoms with E-state index in [1.54, 1.807) is 36.4 Å². The second-order valence-corrected chi connectivity index (χ2v) is 6.00. The molecule has 0 spiro atoms. The summed E-state index contributed by atoms with van der Waals surface area (Å²) in [7, 11) is 0. The maximum atomic E-state index is 12.0. The van der Waals surface area contributed by atoms with E-state index in [0.717, 1.165) is 0 Å². The first-order valence-corrected chi connectivity index (χ1v) is 8.41. The number of amides is 2. The molecule has 134 valence electrons. The van der Waals surface area contributed by atoms with Crippen molar-refractivity contribution in [3.8, 4) is 17.6 Å². The summed E-state index contributed by atoms with van der Waals surface area (Å²) in [5.41, 5.74) is 0.945. The fraction of sp³-hybridized carbons (Fsp3) is 0.158. The van der Waals surface area contributed by atoms with Gasteiger partial charge in [0.05, 0.1) is 17.1 Å². The zero-order valence-electron chi connectivity index (χ0n) is 13.9. The van der Waals surface area contributed by atoms with Crippen LogP contribution >= 0.6 is 23.2 Å². The van der Waals surface area contributed by atoms with Gasteiger partial charge in [-0.3, -0.25) is 9.59 Å². The van der Waals surface area contributed by atoms with Crippen LogP contribution in [0.15, 0.2) is 42.5 Å². The van der Waals surface area contributed by atoms with E-state index in [0.29, 0.717) is 27.0 Å². The lowest BCUT2D eigenvalue weighted by molar-refractivity contribution is -0.114. The maximum absolute atomic E-state index is 12.0. The van der Waals surface area contributed by atoms with Gasteiger partial charge >= 0.3 is 0 Å². The van der Waals surface area contributed by atoms with Crippen molar-refractivity contribution < 1.29 is 14.3 Å². The molecule has 2 aromatic carbocycles. The lowest BCUT2D eigenvalue weighted by atomic mass is 10.2. The maximum Gasteiger partial charge on any atom is 0.253 e. The molecule has 0 fully saturated rings. The summed E-state index contributed by atoms with van der Waals surface area (Å²) in [5.74, 6) is 5.66. The Morgan fingerprint density at radius 3 is 2.69 bits per heavy atom. The van der Waals surface area contributed by atoms with Gasteiger partial charge in [-0.25, -0.2) is 0 Å². The molecule has 0 atom stereocenters. The minimum Gasteiger partial charge on any atom is -0.481 e. The highest BCUT2D eigenvalue weighted by atomic mass is 35.5. The van der Waals surface area contributed by atoms with Gasteiger partial charge in [0.1, 0.15) is 12.4 Å². The van der Waals surface area contributed by atoms with E-state index in [2.05, 4.69) is 22.5 Å². The number of nitrogens with one attached hydrogen (secondary N) is 2. The molecule has 0 aromatic heterocycles. The van der Waals surface area contributed by atoms with Crippen LogP contribution in [-0.2, 0) is 4.79 Å². The quantitative estimate of drug-likeness (QED) is 0.763. The highest BCUT2D eigenvalue weighted by molar-refractivity contribution is 6.35. The predicted molar refractivity (Wildman–Crippen MR) is 103 cm³/mol. The second-order valence-electron chi connectivity index (χ2n) is 5.16. The molecule has 2 N–H and O–H groups in total. The molecule has 0 saturated heterocycles. The van der Waals surface area contributed by atoms with Crippen LogP contribution in [0.25, 0.3) is 0 Å². The summed E-state index contributed by atoms with van der Waals surface area (Å²) < 4.78 is 5.48. The first kappa shape index (κ1) is 19.6. The standard InChI is InChI=1S/C19H16Cl2N2O3/c1-13(24)23-15-5-4-6-16(12-15)26-10-3-2-9-22-19(25)17-11-14(20)7-8-18(17)21/h4-8,11-12H,9-10H2,1H3,(H,22,25)(H,23,24). The van der Waals surface area contributed by atoms with Crippen LogP contribution in [0.3, 0.4) is 0 Å². The summed E-state index contributed by atoms with van der Waals surface area (Å²) in [6.45, 7) is 1.73. The Balaban J connectivity index is 1.80. The molecule has 2 aromatic rings. The third-order valence-electron chi connectivity index (χ3n) is 3.10. The third kappa shape index (κ3) is 6.32. The van der Waals surface area contributed by atoms with E-state index < -0.39 is 0 Å². The summed E-state index contributed by atoms with van der Waals surface area (Å²) in [6.07, 6.45) is 0. The van der Waals surface area contributed by atoms with Crippen LogP contribution in [0.5, 0.6) is 5.75 Å². The van der Waals surface area contributed by atoms with Gasteiger partial charge in [0, 0.05) is 23.7 Å². The summed E-state index contributed by atoms with van der Waals surface area (Å²) >= 11 is 11.8. The Labute approximate surface area is 161 Å². The predicted octanol–water partition coefficient (Wildman–Crippen LogP) is 3.76. The SMILES string of the molecule is CC(=O)Nc1cccc(OCC#CCNC(=O)c2cc(Cl)ccc2Cl)c1. The molecule has 0 unspecified atom stereocenters. The fourth-order valence-corrected chi connectivity index (χ4v) is 2.37. The molecule has 0 bridgehead atoms. The van der Waals surface area contributed by atoms with E-state index in [-0.39, 0.29) is 25.0 Å². The first-order chi connectivity index (χ1) is 12.5.